The second kappa shape index (κ2) is 5.06. The van der Waals surface area contributed by atoms with Gasteiger partial charge in [0.05, 0.1) is 25.3 Å². The van der Waals surface area contributed by atoms with Crippen molar-refractivity contribution in [2.45, 2.75) is 32.9 Å². The molecule has 2 rings (SSSR count). The van der Waals surface area contributed by atoms with E-state index in [1.807, 2.05) is 20.8 Å². The lowest BCUT2D eigenvalue weighted by Gasteiger charge is -2.39. The Bertz CT molecular complexity index is 451. The summed E-state index contributed by atoms with van der Waals surface area (Å²) < 4.78 is 18.7. The first-order chi connectivity index (χ1) is 8.50. The number of nitrogens with zero attached hydrogens (tertiary/aromatic N) is 1. The van der Waals surface area contributed by atoms with E-state index in [9.17, 15) is 9.18 Å². The van der Waals surface area contributed by atoms with Crippen LogP contribution in [-0.4, -0.2) is 36.1 Å². The van der Waals surface area contributed by atoms with E-state index in [1.54, 1.807) is 11.0 Å². The second-order valence-electron chi connectivity index (χ2n) is 4.91. The fourth-order valence-corrected chi connectivity index (χ4v) is 2.37. The van der Waals surface area contributed by atoms with Gasteiger partial charge in [0.1, 0.15) is 5.82 Å². The van der Waals surface area contributed by atoms with Gasteiger partial charge in [-0.2, -0.15) is 0 Å². The lowest BCUT2D eigenvalue weighted by molar-refractivity contribution is -0.0250. The summed E-state index contributed by atoms with van der Waals surface area (Å²) in [5, 5.41) is 0. The molecule has 0 saturated carbocycles. The molecule has 0 radical (unpaired) electrons. The topological polar surface area (TPSA) is 29.5 Å². The fourth-order valence-electron chi connectivity index (χ4n) is 2.37. The Kier molecular flexibility index (Phi) is 3.66. The van der Waals surface area contributed by atoms with Gasteiger partial charge in [-0.3, -0.25) is 4.79 Å². The molecule has 1 aromatic carbocycles. The molecule has 1 heterocycles. The third-order valence-corrected chi connectivity index (χ3v) is 3.33. The molecule has 0 bridgehead atoms. The molecule has 2 unspecified atom stereocenters. The lowest BCUT2D eigenvalue weighted by atomic mass is 10.0. The SMILES string of the molecule is Cc1ccc(F)cc1C(=O)N1C(C)COCC1C. The van der Waals surface area contributed by atoms with E-state index < -0.39 is 0 Å². The maximum absolute atomic E-state index is 13.3. The molecule has 0 aliphatic carbocycles. The largest absolute Gasteiger partial charge is 0.377 e. The highest BCUT2D eigenvalue weighted by Crippen LogP contribution is 2.19. The van der Waals surface area contributed by atoms with Crippen LogP contribution in [0.2, 0.25) is 0 Å². The van der Waals surface area contributed by atoms with Crippen molar-refractivity contribution in [1.82, 2.24) is 4.90 Å². The summed E-state index contributed by atoms with van der Waals surface area (Å²) in [5.41, 5.74) is 1.24. The second-order valence-corrected chi connectivity index (χ2v) is 4.91. The number of hydrogen-bond acceptors (Lipinski definition) is 2. The molecular weight excluding hydrogens is 233 g/mol. The summed E-state index contributed by atoms with van der Waals surface area (Å²) in [5.74, 6) is -0.493. The molecule has 4 heteroatoms. The number of rotatable bonds is 1. The first-order valence-corrected chi connectivity index (χ1v) is 6.17. The first-order valence-electron chi connectivity index (χ1n) is 6.17. The average molecular weight is 251 g/mol. The number of carbonyl (C=O) groups excluding carboxylic acids is 1. The molecular formula is C14H18FNO2. The van der Waals surface area contributed by atoms with E-state index >= 15 is 0 Å². The molecule has 1 amide bonds. The third-order valence-electron chi connectivity index (χ3n) is 3.33. The van der Waals surface area contributed by atoms with Gasteiger partial charge in [0.15, 0.2) is 0 Å². The number of amides is 1. The summed E-state index contributed by atoms with van der Waals surface area (Å²) in [4.78, 5) is 14.3. The molecule has 1 fully saturated rings. The van der Waals surface area contributed by atoms with Crippen LogP contribution in [0.25, 0.3) is 0 Å². The highest BCUT2D eigenvalue weighted by atomic mass is 19.1. The number of halogens is 1. The van der Waals surface area contributed by atoms with Gasteiger partial charge in [0.25, 0.3) is 5.91 Å². The molecule has 1 aliphatic rings. The maximum Gasteiger partial charge on any atom is 0.254 e. The quantitative estimate of drug-likeness (QED) is 0.767. The van der Waals surface area contributed by atoms with Gasteiger partial charge in [-0.25, -0.2) is 4.39 Å². The van der Waals surface area contributed by atoms with Crippen LogP contribution in [0.1, 0.15) is 29.8 Å². The summed E-state index contributed by atoms with van der Waals surface area (Å²) in [7, 11) is 0. The standard InChI is InChI=1S/C14H18FNO2/c1-9-4-5-12(15)6-13(9)14(17)16-10(2)7-18-8-11(16)3/h4-6,10-11H,7-8H2,1-3H3. The van der Waals surface area contributed by atoms with Crippen LogP contribution in [-0.2, 0) is 4.74 Å². The Balaban J connectivity index is 2.32. The Morgan fingerprint density at radius 3 is 2.56 bits per heavy atom. The van der Waals surface area contributed by atoms with Gasteiger partial charge in [-0.1, -0.05) is 6.07 Å². The normalized spacial score (nSPS) is 24.1. The van der Waals surface area contributed by atoms with Crippen molar-refractivity contribution in [3.05, 3.63) is 35.1 Å². The Morgan fingerprint density at radius 1 is 1.33 bits per heavy atom. The van der Waals surface area contributed by atoms with Crippen LogP contribution >= 0.6 is 0 Å². The smallest absolute Gasteiger partial charge is 0.254 e. The highest BCUT2D eigenvalue weighted by molar-refractivity contribution is 5.96. The van der Waals surface area contributed by atoms with Crippen LogP contribution in [0, 0.1) is 12.7 Å². The Morgan fingerprint density at radius 2 is 1.94 bits per heavy atom. The summed E-state index contributed by atoms with van der Waals surface area (Å²) in [6, 6.07) is 4.36. The summed E-state index contributed by atoms with van der Waals surface area (Å²) in [6.45, 7) is 6.78. The predicted molar refractivity (Wildman–Crippen MR) is 67.0 cm³/mol. The van der Waals surface area contributed by atoms with Crippen molar-refractivity contribution in [3.63, 3.8) is 0 Å². The number of benzene rings is 1. The van der Waals surface area contributed by atoms with Crippen LogP contribution < -0.4 is 0 Å². The lowest BCUT2D eigenvalue weighted by Crippen LogP contribution is -2.52. The first kappa shape index (κ1) is 13.0. The number of aryl methyl sites for hydroxylation is 1. The summed E-state index contributed by atoms with van der Waals surface area (Å²) in [6.07, 6.45) is 0. The Labute approximate surface area is 107 Å². The molecule has 2 atom stereocenters. The van der Waals surface area contributed by atoms with E-state index in [0.29, 0.717) is 18.8 Å². The monoisotopic (exact) mass is 251 g/mol. The zero-order valence-corrected chi connectivity index (χ0v) is 10.9. The van der Waals surface area contributed by atoms with Gasteiger partial charge in [-0.05, 0) is 38.5 Å². The number of morpholine rings is 1. The van der Waals surface area contributed by atoms with Crippen molar-refractivity contribution >= 4 is 5.91 Å². The van der Waals surface area contributed by atoms with E-state index in [2.05, 4.69) is 0 Å². The maximum atomic E-state index is 13.3. The van der Waals surface area contributed by atoms with Crippen molar-refractivity contribution in [3.8, 4) is 0 Å². The predicted octanol–water partition coefficient (Wildman–Crippen LogP) is 2.38. The van der Waals surface area contributed by atoms with E-state index in [4.69, 9.17) is 4.74 Å². The van der Waals surface area contributed by atoms with Crippen LogP contribution in [0.4, 0.5) is 4.39 Å². The van der Waals surface area contributed by atoms with E-state index in [-0.39, 0.29) is 23.8 Å². The Hall–Kier alpha value is -1.42. The van der Waals surface area contributed by atoms with Gasteiger partial charge in [-0.15, -0.1) is 0 Å². The van der Waals surface area contributed by atoms with Gasteiger partial charge >= 0.3 is 0 Å². The molecule has 0 aromatic heterocycles. The van der Waals surface area contributed by atoms with E-state index in [1.165, 1.54) is 12.1 Å². The zero-order chi connectivity index (χ0) is 13.3. The van der Waals surface area contributed by atoms with Crippen LogP contribution in [0.15, 0.2) is 18.2 Å². The molecule has 0 spiro atoms. The highest BCUT2D eigenvalue weighted by Gasteiger charge is 2.31. The average Bonchev–Trinajstić information content (AvgIpc) is 2.32. The molecule has 18 heavy (non-hydrogen) atoms. The summed E-state index contributed by atoms with van der Waals surface area (Å²) >= 11 is 0. The van der Waals surface area contributed by atoms with Crippen molar-refractivity contribution in [1.29, 1.82) is 0 Å². The molecule has 1 saturated heterocycles. The van der Waals surface area contributed by atoms with Crippen LogP contribution in [0.5, 0.6) is 0 Å². The molecule has 3 nitrogen and oxygen atoms in total. The van der Waals surface area contributed by atoms with E-state index in [0.717, 1.165) is 5.56 Å². The van der Waals surface area contributed by atoms with Crippen molar-refractivity contribution in [2.75, 3.05) is 13.2 Å². The van der Waals surface area contributed by atoms with Crippen molar-refractivity contribution in [2.24, 2.45) is 0 Å². The third kappa shape index (κ3) is 2.38. The fraction of sp³-hybridized carbons (Fsp3) is 0.500. The number of carbonyl (C=O) groups is 1. The zero-order valence-electron chi connectivity index (χ0n) is 10.9. The van der Waals surface area contributed by atoms with Gasteiger partial charge < -0.3 is 9.64 Å². The molecule has 1 aliphatic heterocycles. The number of hydrogen-bond donors (Lipinski definition) is 0. The minimum Gasteiger partial charge on any atom is -0.377 e. The van der Waals surface area contributed by atoms with Crippen LogP contribution in [0.3, 0.4) is 0 Å². The molecule has 0 N–H and O–H groups in total. The minimum absolute atomic E-state index is 0.0175. The molecule has 1 aromatic rings. The van der Waals surface area contributed by atoms with Crippen molar-refractivity contribution < 1.29 is 13.9 Å². The minimum atomic E-state index is -0.377. The van der Waals surface area contributed by atoms with Gasteiger partial charge in [0, 0.05) is 5.56 Å². The molecule has 98 valence electrons. The van der Waals surface area contributed by atoms with Gasteiger partial charge in [0.2, 0.25) is 0 Å². The number of ether oxygens (including phenoxy) is 1.